The van der Waals surface area contributed by atoms with Gasteiger partial charge in [-0.3, -0.25) is 9.10 Å². The number of hydrogen-bond acceptors (Lipinski definition) is 6. The minimum Gasteiger partial charge on any atom is -0.497 e. The zero-order valence-corrected chi connectivity index (χ0v) is 20.3. The number of hydrogen-bond donors (Lipinski definition) is 1. The van der Waals surface area contributed by atoms with Crippen LogP contribution in [0.15, 0.2) is 71.8 Å². The first kappa shape index (κ1) is 24.8. The van der Waals surface area contributed by atoms with Gasteiger partial charge in [0.1, 0.15) is 11.5 Å². The van der Waals surface area contributed by atoms with E-state index in [1.54, 1.807) is 49.6 Å². The topological polar surface area (TPSA) is 97.3 Å². The predicted molar refractivity (Wildman–Crippen MR) is 133 cm³/mol. The minimum atomic E-state index is -3.53. The summed E-state index contributed by atoms with van der Waals surface area (Å²) < 4.78 is 36.6. The van der Waals surface area contributed by atoms with Crippen LogP contribution in [0.5, 0.6) is 11.5 Å². The number of nitrogens with one attached hydrogen (secondary N) is 1. The summed E-state index contributed by atoms with van der Waals surface area (Å²) in [5.74, 6) is 0.775. The molecule has 0 fully saturated rings. The van der Waals surface area contributed by atoms with Crippen LogP contribution in [0.3, 0.4) is 0 Å². The van der Waals surface area contributed by atoms with Gasteiger partial charge in [0.05, 0.1) is 38.9 Å². The summed E-state index contributed by atoms with van der Waals surface area (Å²) in [5, 5.41) is 4.00. The number of hydrazone groups is 1. The first-order valence-corrected chi connectivity index (χ1v) is 12.2. The third-order valence-electron chi connectivity index (χ3n) is 5.07. The molecule has 8 nitrogen and oxygen atoms in total. The number of nitrogens with zero attached hydrogens (tertiary/aromatic N) is 2. The van der Waals surface area contributed by atoms with E-state index in [-0.39, 0.29) is 6.54 Å². The molecule has 0 aliphatic rings. The number of amides is 1. The molecule has 0 aliphatic heterocycles. The lowest BCUT2D eigenvalue weighted by molar-refractivity contribution is 0.0955. The van der Waals surface area contributed by atoms with Crippen molar-refractivity contribution in [3.05, 3.63) is 89.0 Å². The molecule has 0 saturated carbocycles. The van der Waals surface area contributed by atoms with Crippen molar-refractivity contribution in [1.29, 1.82) is 0 Å². The van der Waals surface area contributed by atoms with E-state index < -0.39 is 15.9 Å². The predicted octanol–water partition coefficient (Wildman–Crippen LogP) is 3.74. The third-order valence-corrected chi connectivity index (χ3v) is 6.21. The molecule has 3 aromatic carbocycles. The van der Waals surface area contributed by atoms with E-state index in [0.29, 0.717) is 28.3 Å². The van der Waals surface area contributed by atoms with Crippen LogP contribution in [0.2, 0.25) is 0 Å². The number of benzene rings is 3. The molecule has 0 saturated heterocycles. The second kappa shape index (κ2) is 10.8. The molecular formula is C25H27N3O5S. The van der Waals surface area contributed by atoms with Gasteiger partial charge in [0.2, 0.25) is 10.0 Å². The minimum absolute atomic E-state index is 0.192. The fourth-order valence-corrected chi connectivity index (χ4v) is 4.09. The number of methoxy groups -OCH3 is 2. The normalized spacial score (nSPS) is 11.3. The van der Waals surface area contributed by atoms with Crippen molar-refractivity contribution in [3.8, 4) is 11.5 Å². The van der Waals surface area contributed by atoms with Crippen molar-refractivity contribution >= 4 is 27.8 Å². The molecule has 3 aromatic rings. The second-order valence-electron chi connectivity index (χ2n) is 7.61. The van der Waals surface area contributed by atoms with E-state index in [4.69, 9.17) is 9.47 Å². The maximum absolute atomic E-state index is 12.5. The van der Waals surface area contributed by atoms with Crippen molar-refractivity contribution in [2.45, 2.75) is 13.5 Å². The number of ether oxygens (including phenoxy) is 2. The highest BCUT2D eigenvalue weighted by atomic mass is 32.2. The Morgan fingerprint density at radius 2 is 1.68 bits per heavy atom. The highest BCUT2D eigenvalue weighted by Crippen LogP contribution is 2.23. The molecule has 178 valence electrons. The van der Waals surface area contributed by atoms with Gasteiger partial charge in [-0.05, 0) is 55.0 Å². The van der Waals surface area contributed by atoms with Crippen LogP contribution in [0.4, 0.5) is 5.69 Å². The van der Waals surface area contributed by atoms with Crippen molar-refractivity contribution < 1.29 is 22.7 Å². The number of carbonyl (C=O) groups excluding carboxylic acids is 1. The van der Waals surface area contributed by atoms with Crippen LogP contribution in [0.25, 0.3) is 0 Å². The molecule has 9 heteroatoms. The fraction of sp³-hybridized carbons (Fsp3) is 0.200. The standard InChI is InChI=1S/C25H27N3O5S/c1-18-5-7-19(8-6-18)17-28(34(4,30)31)22-11-9-20(10-12-22)25(29)27-26-16-21-15-23(32-2)13-14-24(21)33-3/h5-16H,17H2,1-4H3,(H,27,29)/b26-16-. The van der Waals surface area contributed by atoms with Gasteiger partial charge in [-0.15, -0.1) is 0 Å². The van der Waals surface area contributed by atoms with Gasteiger partial charge in [-0.1, -0.05) is 29.8 Å². The van der Waals surface area contributed by atoms with Gasteiger partial charge >= 0.3 is 0 Å². The van der Waals surface area contributed by atoms with E-state index in [1.807, 2.05) is 31.2 Å². The first-order valence-electron chi connectivity index (χ1n) is 10.4. The molecule has 0 bridgehead atoms. The maximum Gasteiger partial charge on any atom is 0.271 e. The first-order chi connectivity index (χ1) is 16.2. The van der Waals surface area contributed by atoms with Crippen LogP contribution < -0.4 is 19.2 Å². The number of carbonyl (C=O) groups is 1. The van der Waals surface area contributed by atoms with Gasteiger partial charge in [0.15, 0.2) is 0 Å². The van der Waals surface area contributed by atoms with Gasteiger partial charge in [0.25, 0.3) is 5.91 Å². The molecule has 0 heterocycles. The molecule has 34 heavy (non-hydrogen) atoms. The van der Waals surface area contributed by atoms with Crippen LogP contribution >= 0.6 is 0 Å². The molecule has 1 amide bonds. The molecular weight excluding hydrogens is 454 g/mol. The highest BCUT2D eigenvalue weighted by molar-refractivity contribution is 7.92. The number of sulfonamides is 1. The molecule has 0 unspecified atom stereocenters. The summed E-state index contributed by atoms with van der Waals surface area (Å²) in [6.07, 6.45) is 2.62. The molecule has 1 N–H and O–H groups in total. The van der Waals surface area contributed by atoms with Crippen molar-refractivity contribution in [2.24, 2.45) is 5.10 Å². The summed E-state index contributed by atoms with van der Waals surface area (Å²) in [6.45, 7) is 2.16. The van der Waals surface area contributed by atoms with Crippen molar-refractivity contribution in [2.75, 3.05) is 24.8 Å². The SMILES string of the molecule is COc1ccc(OC)c(/C=N\NC(=O)c2ccc(N(Cc3ccc(C)cc3)S(C)(=O)=O)cc2)c1. The lowest BCUT2D eigenvalue weighted by Gasteiger charge is -2.22. The summed E-state index contributed by atoms with van der Waals surface area (Å²) in [6, 6.07) is 19.2. The number of rotatable bonds is 9. The summed E-state index contributed by atoms with van der Waals surface area (Å²) in [4.78, 5) is 12.5. The second-order valence-corrected chi connectivity index (χ2v) is 9.52. The van der Waals surface area contributed by atoms with Gasteiger partial charge in [-0.25, -0.2) is 13.8 Å². The zero-order valence-electron chi connectivity index (χ0n) is 19.5. The van der Waals surface area contributed by atoms with Crippen LogP contribution in [0.1, 0.15) is 27.0 Å². The van der Waals surface area contributed by atoms with E-state index in [9.17, 15) is 13.2 Å². The Balaban J connectivity index is 1.73. The van der Waals surface area contributed by atoms with Gasteiger partial charge in [-0.2, -0.15) is 5.10 Å². The highest BCUT2D eigenvalue weighted by Gasteiger charge is 2.18. The van der Waals surface area contributed by atoms with Crippen LogP contribution in [0, 0.1) is 6.92 Å². The molecule has 0 radical (unpaired) electrons. The molecule has 0 atom stereocenters. The van der Waals surface area contributed by atoms with Crippen molar-refractivity contribution in [3.63, 3.8) is 0 Å². The Morgan fingerprint density at radius 3 is 2.26 bits per heavy atom. The summed E-state index contributed by atoms with van der Waals surface area (Å²) in [5.41, 5.74) is 5.85. The average molecular weight is 482 g/mol. The quantitative estimate of drug-likeness (QED) is 0.371. The summed E-state index contributed by atoms with van der Waals surface area (Å²) in [7, 11) is -0.434. The maximum atomic E-state index is 12.5. The van der Waals surface area contributed by atoms with E-state index in [1.165, 1.54) is 17.6 Å². The summed E-state index contributed by atoms with van der Waals surface area (Å²) >= 11 is 0. The molecule has 0 aliphatic carbocycles. The van der Waals surface area contributed by atoms with Gasteiger partial charge < -0.3 is 9.47 Å². The van der Waals surface area contributed by atoms with Crippen LogP contribution in [-0.4, -0.2) is 41.0 Å². The monoisotopic (exact) mass is 481 g/mol. The molecule has 3 rings (SSSR count). The Kier molecular flexibility index (Phi) is 7.91. The molecule has 0 aromatic heterocycles. The Bertz CT molecular complexity index is 1270. The Hall–Kier alpha value is -3.85. The average Bonchev–Trinajstić information content (AvgIpc) is 2.83. The van der Waals surface area contributed by atoms with Gasteiger partial charge in [0, 0.05) is 11.1 Å². The molecule has 0 spiro atoms. The Labute approximate surface area is 199 Å². The van der Waals surface area contributed by atoms with Crippen molar-refractivity contribution in [1.82, 2.24) is 5.43 Å². The number of anilines is 1. The zero-order chi connectivity index (χ0) is 24.7. The van der Waals surface area contributed by atoms with Crippen LogP contribution in [-0.2, 0) is 16.6 Å². The number of aryl methyl sites for hydroxylation is 1. The van der Waals surface area contributed by atoms with E-state index in [2.05, 4.69) is 10.5 Å². The van der Waals surface area contributed by atoms with E-state index in [0.717, 1.165) is 17.4 Å². The van der Waals surface area contributed by atoms with E-state index >= 15 is 0 Å². The third kappa shape index (κ3) is 6.35. The Morgan fingerprint density at radius 1 is 1.00 bits per heavy atom. The largest absolute Gasteiger partial charge is 0.497 e. The lowest BCUT2D eigenvalue weighted by Crippen LogP contribution is -2.29. The fourth-order valence-electron chi connectivity index (χ4n) is 3.20. The lowest BCUT2D eigenvalue weighted by atomic mass is 10.1. The smallest absolute Gasteiger partial charge is 0.271 e.